The van der Waals surface area contributed by atoms with Gasteiger partial charge in [-0.25, -0.2) is 4.39 Å². The summed E-state index contributed by atoms with van der Waals surface area (Å²) in [4.78, 5) is 17.4. The third-order valence-electron chi connectivity index (χ3n) is 5.43. The van der Waals surface area contributed by atoms with E-state index >= 15 is 0 Å². The average Bonchev–Trinajstić information content (AvgIpc) is 2.92. The molecule has 2 heterocycles. The zero-order chi connectivity index (χ0) is 16.4. The first kappa shape index (κ1) is 16.4. The second-order valence-electron chi connectivity index (χ2n) is 7.04. The predicted molar refractivity (Wildman–Crippen MR) is 89.6 cm³/mol. The largest absolute Gasteiger partial charge is 0.341 e. The molecule has 2 aliphatic heterocycles. The number of rotatable bonds is 4. The summed E-state index contributed by atoms with van der Waals surface area (Å²) in [5.41, 5.74) is 1.30. The number of benzene rings is 1. The van der Waals surface area contributed by atoms with Gasteiger partial charge in [0.05, 0.1) is 0 Å². The maximum Gasteiger partial charge on any atom is 0.243 e. The monoisotopic (exact) mass is 318 g/mol. The zero-order valence-corrected chi connectivity index (χ0v) is 14.3. The maximum atomic E-state index is 13.8. The van der Waals surface area contributed by atoms with E-state index in [-0.39, 0.29) is 11.4 Å². The molecule has 0 bridgehead atoms. The van der Waals surface area contributed by atoms with Crippen molar-refractivity contribution in [1.29, 1.82) is 0 Å². The molecule has 23 heavy (non-hydrogen) atoms. The van der Waals surface area contributed by atoms with Crippen molar-refractivity contribution in [2.75, 3.05) is 19.6 Å². The summed E-state index contributed by atoms with van der Waals surface area (Å²) in [5.74, 6) is 0.147. The maximum absolute atomic E-state index is 13.8. The number of halogens is 1. The minimum atomic E-state index is -0.339. The fraction of sp³-hybridized carbons (Fsp3) is 0.632. The van der Waals surface area contributed by atoms with Gasteiger partial charge in [0, 0.05) is 19.6 Å². The first-order valence-corrected chi connectivity index (χ1v) is 8.86. The average molecular weight is 318 g/mol. The van der Waals surface area contributed by atoms with Crippen LogP contribution in [-0.4, -0.2) is 40.9 Å². The number of carbonyl (C=O) groups is 1. The molecule has 4 heteroatoms. The van der Waals surface area contributed by atoms with E-state index in [0.717, 1.165) is 57.3 Å². The Bertz CT molecular complexity index is 587. The van der Waals surface area contributed by atoms with Gasteiger partial charge in [0.15, 0.2) is 0 Å². The van der Waals surface area contributed by atoms with Gasteiger partial charge < -0.3 is 4.90 Å². The van der Waals surface area contributed by atoms with E-state index in [1.807, 2.05) is 17.0 Å². The number of aryl methyl sites for hydroxylation is 1. The first-order valence-electron chi connectivity index (χ1n) is 8.86. The SMILES string of the molecule is CCCN1CCCC2(CCCN2Cc2ccc(C)c(F)c2)C1=O. The van der Waals surface area contributed by atoms with Crippen molar-refractivity contribution in [3.63, 3.8) is 0 Å². The first-order chi connectivity index (χ1) is 11.1. The summed E-state index contributed by atoms with van der Waals surface area (Å²) in [6, 6.07) is 5.44. The van der Waals surface area contributed by atoms with Gasteiger partial charge in [-0.1, -0.05) is 19.1 Å². The van der Waals surface area contributed by atoms with Crippen molar-refractivity contribution in [2.45, 2.75) is 58.0 Å². The molecule has 0 saturated carbocycles. The Hall–Kier alpha value is -1.42. The Morgan fingerprint density at radius 1 is 1.22 bits per heavy atom. The number of amides is 1. The van der Waals surface area contributed by atoms with Crippen LogP contribution in [0.15, 0.2) is 18.2 Å². The molecule has 0 N–H and O–H groups in total. The Morgan fingerprint density at radius 3 is 2.65 bits per heavy atom. The van der Waals surface area contributed by atoms with Crippen LogP contribution in [0.5, 0.6) is 0 Å². The van der Waals surface area contributed by atoms with Crippen LogP contribution in [0.3, 0.4) is 0 Å². The van der Waals surface area contributed by atoms with Gasteiger partial charge >= 0.3 is 0 Å². The van der Waals surface area contributed by atoms with E-state index in [1.54, 1.807) is 13.0 Å². The second kappa shape index (κ2) is 6.60. The highest BCUT2D eigenvalue weighted by molar-refractivity contribution is 5.87. The fourth-order valence-electron chi connectivity index (χ4n) is 4.19. The summed E-state index contributed by atoms with van der Waals surface area (Å²) in [6.07, 6.45) is 5.02. The van der Waals surface area contributed by atoms with Crippen molar-refractivity contribution in [3.8, 4) is 0 Å². The summed E-state index contributed by atoms with van der Waals surface area (Å²) >= 11 is 0. The Labute approximate surface area is 138 Å². The molecule has 1 aromatic rings. The highest BCUT2D eigenvalue weighted by Gasteiger charge is 2.50. The molecule has 1 unspecified atom stereocenters. The van der Waals surface area contributed by atoms with Crippen molar-refractivity contribution < 1.29 is 9.18 Å². The van der Waals surface area contributed by atoms with Crippen LogP contribution < -0.4 is 0 Å². The van der Waals surface area contributed by atoms with Gasteiger partial charge in [0.2, 0.25) is 5.91 Å². The molecule has 2 aliphatic rings. The lowest BCUT2D eigenvalue weighted by Gasteiger charge is -2.44. The van der Waals surface area contributed by atoms with E-state index in [9.17, 15) is 9.18 Å². The van der Waals surface area contributed by atoms with Crippen molar-refractivity contribution in [1.82, 2.24) is 9.80 Å². The van der Waals surface area contributed by atoms with Gasteiger partial charge in [0.1, 0.15) is 11.4 Å². The van der Waals surface area contributed by atoms with Gasteiger partial charge in [-0.15, -0.1) is 0 Å². The standard InChI is InChI=1S/C19H27FN2O/c1-3-10-21-11-4-8-19(18(21)23)9-5-12-22(19)14-16-7-6-15(2)17(20)13-16/h6-7,13H,3-5,8-12,14H2,1-2H3. The molecule has 0 aromatic heterocycles. The number of piperidine rings is 1. The van der Waals surface area contributed by atoms with Crippen LogP contribution in [0.25, 0.3) is 0 Å². The summed E-state index contributed by atoms with van der Waals surface area (Å²) in [6.45, 7) is 7.25. The molecular formula is C19H27FN2O. The molecule has 2 saturated heterocycles. The Kier molecular flexibility index (Phi) is 4.72. The van der Waals surface area contributed by atoms with E-state index in [2.05, 4.69) is 11.8 Å². The summed E-state index contributed by atoms with van der Waals surface area (Å²) < 4.78 is 13.8. The van der Waals surface area contributed by atoms with E-state index < -0.39 is 0 Å². The molecule has 1 amide bonds. The minimum Gasteiger partial charge on any atom is -0.341 e. The smallest absolute Gasteiger partial charge is 0.243 e. The molecule has 1 aromatic carbocycles. The lowest BCUT2D eigenvalue weighted by atomic mass is 9.85. The molecule has 2 fully saturated rings. The zero-order valence-electron chi connectivity index (χ0n) is 14.3. The molecule has 1 spiro atoms. The highest BCUT2D eigenvalue weighted by Crippen LogP contribution is 2.39. The Balaban J connectivity index is 1.81. The molecule has 126 valence electrons. The quantitative estimate of drug-likeness (QED) is 0.848. The molecule has 3 nitrogen and oxygen atoms in total. The number of carbonyl (C=O) groups excluding carboxylic acids is 1. The van der Waals surface area contributed by atoms with Crippen LogP contribution in [0.4, 0.5) is 4.39 Å². The third-order valence-corrected chi connectivity index (χ3v) is 5.43. The van der Waals surface area contributed by atoms with Gasteiger partial charge in [-0.2, -0.15) is 0 Å². The van der Waals surface area contributed by atoms with Crippen molar-refractivity contribution >= 4 is 5.91 Å². The van der Waals surface area contributed by atoms with Crippen LogP contribution in [0.1, 0.15) is 50.2 Å². The number of nitrogens with zero attached hydrogens (tertiary/aromatic N) is 2. The van der Waals surface area contributed by atoms with Gasteiger partial charge in [-0.05, 0) is 62.8 Å². The number of hydrogen-bond donors (Lipinski definition) is 0. The molecule has 3 rings (SSSR count). The van der Waals surface area contributed by atoms with E-state index in [0.29, 0.717) is 18.0 Å². The summed E-state index contributed by atoms with van der Waals surface area (Å²) in [5, 5.41) is 0. The predicted octanol–water partition coefficient (Wildman–Crippen LogP) is 3.50. The molecule has 1 atom stereocenters. The fourth-order valence-corrected chi connectivity index (χ4v) is 4.19. The van der Waals surface area contributed by atoms with Gasteiger partial charge in [-0.3, -0.25) is 9.69 Å². The van der Waals surface area contributed by atoms with E-state index in [1.165, 1.54) is 0 Å². The molecule has 0 aliphatic carbocycles. The van der Waals surface area contributed by atoms with Crippen LogP contribution in [-0.2, 0) is 11.3 Å². The van der Waals surface area contributed by atoms with Crippen molar-refractivity contribution in [3.05, 3.63) is 35.1 Å². The molecular weight excluding hydrogens is 291 g/mol. The van der Waals surface area contributed by atoms with Crippen LogP contribution >= 0.6 is 0 Å². The number of likely N-dealkylation sites (tertiary alicyclic amines) is 2. The topological polar surface area (TPSA) is 23.6 Å². The lowest BCUT2D eigenvalue weighted by molar-refractivity contribution is -0.147. The normalized spacial score (nSPS) is 25.5. The minimum absolute atomic E-state index is 0.154. The van der Waals surface area contributed by atoms with Gasteiger partial charge in [0.25, 0.3) is 0 Å². The third kappa shape index (κ3) is 3.01. The summed E-state index contributed by atoms with van der Waals surface area (Å²) in [7, 11) is 0. The molecule has 0 radical (unpaired) electrons. The lowest BCUT2D eigenvalue weighted by Crippen LogP contribution is -2.59. The van der Waals surface area contributed by atoms with Crippen LogP contribution in [0, 0.1) is 12.7 Å². The second-order valence-corrected chi connectivity index (χ2v) is 7.04. The number of hydrogen-bond acceptors (Lipinski definition) is 2. The van der Waals surface area contributed by atoms with Crippen molar-refractivity contribution in [2.24, 2.45) is 0 Å². The highest BCUT2D eigenvalue weighted by atomic mass is 19.1. The van der Waals surface area contributed by atoms with E-state index in [4.69, 9.17) is 0 Å². The van der Waals surface area contributed by atoms with Crippen LogP contribution in [0.2, 0.25) is 0 Å². The Morgan fingerprint density at radius 2 is 1.96 bits per heavy atom.